The van der Waals surface area contributed by atoms with Gasteiger partial charge in [0.25, 0.3) is 0 Å². The van der Waals surface area contributed by atoms with Crippen LogP contribution in [0.5, 0.6) is 0 Å². The van der Waals surface area contributed by atoms with Crippen LogP contribution in [-0.2, 0) is 19.1 Å². The minimum atomic E-state index is -0.665. The molecule has 0 saturated carbocycles. The van der Waals surface area contributed by atoms with Crippen molar-refractivity contribution in [3.63, 3.8) is 0 Å². The van der Waals surface area contributed by atoms with E-state index in [0.29, 0.717) is 6.42 Å². The first-order chi connectivity index (χ1) is 15.6. The molecule has 0 aromatic heterocycles. The number of hydrogen-bond acceptors (Lipinski definition) is 5. The maximum absolute atomic E-state index is 12.2. The summed E-state index contributed by atoms with van der Waals surface area (Å²) >= 11 is 0. The maximum Gasteiger partial charge on any atom is 0.407 e. The molecule has 0 aliphatic heterocycles. The predicted octanol–water partition coefficient (Wildman–Crippen LogP) is 3.97. The summed E-state index contributed by atoms with van der Waals surface area (Å²) in [4.78, 5) is 36.0. The van der Waals surface area contributed by atoms with E-state index in [9.17, 15) is 14.4 Å². The van der Waals surface area contributed by atoms with Crippen molar-refractivity contribution >= 4 is 18.0 Å². The minimum Gasteiger partial charge on any atom is -0.460 e. The smallest absolute Gasteiger partial charge is 0.407 e. The first-order valence-electron chi connectivity index (χ1n) is 11.1. The highest BCUT2D eigenvalue weighted by Gasteiger charge is 2.29. The number of esters is 1. The van der Waals surface area contributed by atoms with Crippen LogP contribution in [0.15, 0.2) is 48.5 Å². The highest BCUT2D eigenvalue weighted by Crippen LogP contribution is 2.44. The zero-order chi connectivity index (χ0) is 24.0. The second-order valence-electron chi connectivity index (χ2n) is 9.07. The molecule has 0 spiro atoms. The molecule has 0 bridgehead atoms. The van der Waals surface area contributed by atoms with Gasteiger partial charge in [0.15, 0.2) is 0 Å². The van der Waals surface area contributed by atoms with Crippen LogP contribution < -0.4 is 10.6 Å². The number of carbonyl (C=O) groups excluding carboxylic acids is 3. The van der Waals surface area contributed by atoms with E-state index in [0.717, 1.165) is 22.3 Å². The van der Waals surface area contributed by atoms with E-state index in [1.807, 2.05) is 36.4 Å². The van der Waals surface area contributed by atoms with Gasteiger partial charge in [-0.05, 0) is 56.4 Å². The standard InChI is InChI=1S/C26H31N2O5/c1-17(13-14-24(30)33-26(2,3)4)28-23(29)15-27-25(31)32-16-22-20-11-7-5-9-18(20)19-10-6-8-12-21(19)22/h5-12,17,22H,1,13-16H2,2-4H3,(H,27,31)(H,28,29)/t17-/m0/s1. The van der Waals surface area contributed by atoms with Crippen molar-refractivity contribution in [3.05, 3.63) is 66.6 Å². The Morgan fingerprint density at radius 2 is 1.58 bits per heavy atom. The molecule has 1 atom stereocenters. The average Bonchev–Trinajstić information content (AvgIpc) is 3.07. The van der Waals surface area contributed by atoms with Crippen molar-refractivity contribution in [1.82, 2.24) is 10.6 Å². The summed E-state index contributed by atoms with van der Waals surface area (Å²) in [5.41, 5.74) is 3.98. The third-order valence-corrected chi connectivity index (χ3v) is 5.22. The Bertz CT molecular complexity index is 966. The van der Waals surface area contributed by atoms with Crippen LogP contribution in [0, 0.1) is 6.92 Å². The van der Waals surface area contributed by atoms with Gasteiger partial charge in [-0.2, -0.15) is 0 Å². The zero-order valence-corrected chi connectivity index (χ0v) is 19.4. The summed E-state index contributed by atoms with van der Waals surface area (Å²) in [6.07, 6.45) is -0.182. The molecule has 33 heavy (non-hydrogen) atoms. The Morgan fingerprint density at radius 3 is 2.15 bits per heavy atom. The van der Waals surface area contributed by atoms with Crippen molar-refractivity contribution in [2.45, 2.75) is 51.2 Å². The second-order valence-corrected chi connectivity index (χ2v) is 9.07. The van der Waals surface area contributed by atoms with Gasteiger partial charge in [-0.1, -0.05) is 48.5 Å². The number of hydrogen-bond donors (Lipinski definition) is 2. The molecular weight excluding hydrogens is 420 g/mol. The van der Waals surface area contributed by atoms with E-state index >= 15 is 0 Å². The Labute approximate surface area is 194 Å². The first kappa shape index (κ1) is 24.3. The van der Waals surface area contributed by atoms with E-state index < -0.39 is 23.6 Å². The molecule has 1 radical (unpaired) electrons. The fourth-order valence-corrected chi connectivity index (χ4v) is 3.84. The molecular formula is C26H31N2O5. The lowest BCUT2D eigenvalue weighted by molar-refractivity contribution is -0.155. The minimum absolute atomic E-state index is 0.0472. The van der Waals surface area contributed by atoms with Gasteiger partial charge >= 0.3 is 12.1 Å². The maximum atomic E-state index is 12.2. The molecule has 7 heteroatoms. The van der Waals surface area contributed by atoms with Gasteiger partial charge in [0, 0.05) is 18.4 Å². The normalized spacial score (nSPS) is 13.5. The van der Waals surface area contributed by atoms with Gasteiger partial charge in [0.2, 0.25) is 5.91 Å². The molecule has 2 aromatic carbocycles. The summed E-state index contributed by atoms with van der Waals surface area (Å²) in [6, 6.07) is 15.7. The number of rotatable bonds is 8. The SMILES string of the molecule is [CH2][C@@H](CCC(=O)OC(C)(C)C)NC(=O)CNC(=O)OCC1c2ccccc2-c2ccccc21. The summed E-state index contributed by atoms with van der Waals surface area (Å²) in [6.45, 7) is 9.14. The third kappa shape index (κ3) is 6.81. The summed E-state index contributed by atoms with van der Waals surface area (Å²) in [5.74, 6) is -0.802. The number of carbonyl (C=O) groups is 3. The quantitative estimate of drug-likeness (QED) is 0.593. The lowest BCUT2D eigenvalue weighted by atomic mass is 9.98. The Morgan fingerprint density at radius 1 is 1.00 bits per heavy atom. The van der Waals surface area contributed by atoms with E-state index in [1.54, 1.807) is 20.8 Å². The van der Waals surface area contributed by atoms with Crippen LogP contribution in [0.3, 0.4) is 0 Å². The van der Waals surface area contributed by atoms with E-state index in [4.69, 9.17) is 9.47 Å². The fraction of sp³-hybridized carbons (Fsp3) is 0.385. The number of fused-ring (bicyclic) bond motifs is 3. The van der Waals surface area contributed by atoms with Crippen molar-refractivity contribution in [1.29, 1.82) is 0 Å². The van der Waals surface area contributed by atoms with Gasteiger partial charge in [-0.15, -0.1) is 0 Å². The van der Waals surface area contributed by atoms with Crippen molar-refractivity contribution in [3.8, 4) is 11.1 Å². The van der Waals surface area contributed by atoms with Gasteiger partial charge in [0.05, 0.1) is 0 Å². The molecule has 0 unspecified atom stereocenters. The lowest BCUT2D eigenvalue weighted by Gasteiger charge is -2.20. The number of alkyl carbamates (subject to hydrolysis) is 1. The molecule has 0 saturated heterocycles. The molecule has 1 aliphatic carbocycles. The monoisotopic (exact) mass is 451 g/mol. The van der Waals surface area contributed by atoms with Crippen LogP contribution in [0.25, 0.3) is 11.1 Å². The first-order valence-corrected chi connectivity index (χ1v) is 11.1. The van der Waals surface area contributed by atoms with Crippen LogP contribution >= 0.6 is 0 Å². The molecule has 2 amide bonds. The number of amides is 2. The largest absolute Gasteiger partial charge is 0.460 e. The Balaban J connectivity index is 1.41. The number of ether oxygens (including phenoxy) is 2. The van der Waals surface area contributed by atoms with Gasteiger partial charge in [0.1, 0.15) is 18.8 Å². The van der Waals surface area contributed by atoms with Gasteiger partial charge < -0.3 is 20.1 Å². The van der Waals surface area contributed by atoms with Crippen molar-refractivity contribution in [2.24, 2.45) is 0 Å². The highest BCUT2D eigenvalue weighted by atomic mass is 16.6. The van der Waals surface area contributed by atoms with Gasteiger partial charge in [-0.3, -0.25) is 9.59 Å². The molecule has 2 N–H and O–H groups in total. The predicted molar refractivity (Wildman–Crippen MR) is 125 cm³/mol. The topological polar surface area (TPSA) is 93.7 Å². The second kappa shape index (κ2) is 10.5. The average molecular weight is 452 g/mol. The molecule has 0 fully saturated rings. The van der Waals surface area contributed by atoms with Gasteiger partial charge in [-0.25, -0.2) is 4.79 Å². The molecule has 175 valence electrons. The van der Waals surface area contributed by atoms with Crippen LogP contribution in [0.2, 0.25) is 0 Å². The van der Waals surface area contributed by atoms with Crippen molar-refractivity contribution in [2.75, 3.05) is 13.2 Å². The number of benzene rings is 2. The lowest BCUT2D eigenvalue weighted by Crippen LogP contribution is -2.41. The molecule has 0 heterocycles. The third-order valence-electron chi connectivity index (χ3n) is 5.22. The van der Waals surface area contributed by atoms with E-state index in [2.05, 4.69) is 29.7 Å². The molecule has 7 nitrogen and oxygen atoms in total. The zero-order valence-electron chi connectivity index (χ0n) is 19.4. The van der Waals surface area contributed by atoms with Crippen LogP contribution in [0.1, 0.15) is 50.7 Å². The highest BCUT2D eigenvalue weighted by molar-refractivity contribution is 5.83. The van der Waals surface area contributed by atoms with E-state index in [-0.39, 0.29) is 31.5 Å². The fourth-order valence-electron chi connectivity index (χ4n) is 3.84. The van der Waals surface area contributed by atoms with Crippen LogP contribution in [-0.4, -0.2) is 42.8 Å². The Hall–Kier alpha value is -3.35. The molecule has 3 rings (SSSR count). The molecule has 2 aromatic rings. The molecule has 1 aliphatic rings. The summed E-state index contributed by atoms with van der Waals surface area (Å²) in [5, 5.41) is 5.11. The Kier molecular flexibility index (Phi) is 7.74. The number of nitrogens with one attached hydrogen (secondary N) is 2. The summed E-state index contributed by atoms with van der Waals surface area (Å²) in [7, 11) is 0. The van der Waals surface area contributed by atoms with Crippen molar-refractivity contribution < 1.29 is 23.9 Å². The summed E-state index contributed by atoms with van der Waals surface area (Å²) < 4.78 is 10.6. The van der Waals surface area contributed by atoms with Crippen LogP contribution in [0.4, 0.5) is 4.79 Å². The van der Waals surface area contributed by atoms with E-state index in [1.165, 1.54) is 0 Å².